The molecule has 2 N–H and O–H groups in total. The van der Waals surface area contributed by atoms with Crippen LogP contribution in [0.25, 0.3) is 0 Å². The van der Waals surface area contributed by atoms with E-state index >= 15 is 0 Å². The number of rotatable bonds is 8. The van der Waals surface area contributed by atoms with Gasteiger partial charge in [-0.15, -0.1) is 0 Å². The summed E-state index contributed by atoms with van der Waals surface area (Å²) in [5, 5.41) is 6.29. The number of nitrogens with zero attached hydrogens (tertiary/aromatic N) is 1. The molecule has 1 aliphatic carbocycles. The Hall–Kier alpha value is -2.67. The largest absolute Gasteiger partial charge is 0.359 e. The summed E-state index contributed by atoms with van der Waals surface area (Å²) in [5.41, 5.74) is 0.798. The van der Waals surface area contributed by atoms with Gasteiger partial charge in [-0.05, 0) is 48.8 Å². The van der Waals surface area contributed by atoms with E-state index in [9.17, 15) is 14.4 Å². The van der Waals surface area contributed by atoms with Crippen molar-refractivity contribution in [3.8, 4) is 0 Å². The number of carbonyl (C=O) groups excluding carboxylic acids is 3. The Morgan fingerprint density at radius 1 is 1.14 bits per heavy atom. The Morgan fingerprint density at radius 2 is 1.86 bits per heavy atom. The van der Waals surface area contributed by atoms with Crippen molar-refractivity contribution in [2.24, 2.45) is 17.8 Å². The molecule has 7 heteroatoms. The smallest absolute Gasteiger partial charge is 0.246 e. The predicted molar refractivity (Wildman–Crippen MR) is 143 cm³/mol. The van der Waals surface area contributed by atoms with Crippen molar-refractivity contribution in [1.29, 1.82) is 0 Å². The molecule has 5 rings (SSSR count). The standard InChI is InChI=1S/C30H41N3O4/c1-5-6-17-33-26(28(35)32-22-10-8-7-9-19(22)4)30-16-15-23(37-30)24(25(30)29(33)36)27(34)31-21-13-11-20(12-14-21)18(2)3/h11-16,18-19,22-26H,5-10,17H2,1-4H3,(H,31,34)(H,32,35)/t19-,22+,23+,24+,25+,26-,30-/m0/s1. The SMILES string of the molecule is CCCCN1C(=O)[C@H]2[C@H](C(=O)Nc3ccc(C(C)C)cc3)[C@H]3C=C[C@@]2(O3)[C@@H]1C(=O)N[C@@H]1CCCC[C@@H]1C. The number of fused-ring (bicyclic) bond motifs is 1. The maximum atomic E-state index is 13.9. The van der Waals surface area contributed by atoms with E-state index in [1.807, 2.05) is 36.4 Å². The minimum atomic E-state index is -1.10. The number of benzene rings is 1. The van der Waals surface area contributed by atoms with Gasteiger partial charge in [-0.1, -0.05) is 71.2 Å². The second-order valence-electron chi connectivity index (χ2n) is 11.7. The molecule has 3 heterocycles. The van der Waals surface area contributed by atoms with Crippen LogP contribution in [0.5, 0.6) is 0 Å². The number of unbranched alkanes of at least 4 members (excludes halogenated alkanes) is 1. The molecule has 2 saturated heterocycles. The summed E-state index contributed by atoms with van der Waals surface area (Å²) in [6, 6.07) is 7.18. The molecular formula is C30H41N3O4. The molecule has 37 heavy (non-hydrogen) atoms. The first-order valence-corrected chi connectivity index (χ1v) is 14.2. The number of nitrogens with one attached hydrogen (secondary N) is 2. The van der Waals surface area contributed by atoms with Crippen molar-refractivity contribution in [1.82, 2.24) is 10.2 Å². The van der Waals surface area contributed by atoms with E-state index in [4.69, 9.17) is 4.74 Å². The average molecular weight is 508 g/mol. The normalized spacial score (nSPS) is 34.2. The van der Waals surface area contributed by atoms with Crippen LogP contribution in [0.4, 0.5) is 5.69 Å². The molecule has 3 amide bonds. The molecule has 7 atom stereocenters. The molecule has 200 valence electrons. The minimum absolute atomic E-state index is 0.107. The van der Waals surface area contributed by atoms with Gasteiger partial charge in [-0.3, -0.25) is 14.4 Å². The highest BCUT2D eigenvalue weighted by Gasteiger charge is 2.72. The van der Waals surface area contributed by atoms with Crippen LogP contribution >= 0.6 is 0 Å². The van der Waals surface area contributed by atoms with Crippen molar-refractivity contribution in [3.05, 3.63) is 42.0 Å². The van der Waals surface area contributed by atoms with Crippen molar-refractivity contribution >= 4 is 23.4 Å². The lowest BCUT2D eigenvalue weighted by Gasteiger charge is -2.36. The first kappa shape index (κ1) is 26.0. The van der Waals surface area contributed by atoms with Crippen molar-refractivity contribution < 1.29 is 19.1 Å². The summed E-state index contributed by atoms with van der Waals surface area (Å²) in [6.07, 6.45) is 9.31. The van der Waals surface area contributed by atoms with Gasteiger partial charge in [0.25, 0.3) is 0 Å². The van der Waals surface area contributed by atoms with Crippen LogP contribution in [0.15, 0.2) is 36.4 Å². The van der Waals surface area contributed by atoms with Gasteiger partial charge in [-0.25, -0.2) is 0 Å². The number of amides is 3. The Kier molecular flexibility index (Phi) is 7.18. The lowest BCUT2D eigenvalue weighted by atomic mass is 9.74. The van der Waals surface area contributed by atoms with Crippen LogP contribution in [0, 0.1) is 17.8 Å². The van der Waals surface area contributed by atoms with Gasteiger partial charge in [0.2, 0.25) is 17.7 Å². The fraction of sp³-hybridized carbons (Fsp3) is 0.633. The first-order valence-electron chi connectivity index (χ1n) is 14.2. The van der Waals surface area contributed by atoms with E-state index < -0.39 is 29.6 Å². The zero-order valence-electron chi connectivity index (χ0n) is 22.5. The Labute approximate surface area is 220 Å². The van der Waals surface area contributed by atoms with E-state index in [0.717, 1.165) is 32.1 Å². The minimum Gasteiger partial charge on any atom is -0.359 e. The third kappa shape index (κ3) is 4.49. The van der Waals surface area contributed by atoms with Gasteiger partial charge >= 0.3 is 0 Å². The molecule has 0 unspecified atom stereocenters. The average Bonchev–Trinajstić information content (AvgIpc) is 3.51. The lowest BCUT2D eigenvalue weighted by Crippen LogP contribution is -2.57. The van der Waals surface area contributed by atoms with Crippen molar-refractivity contribution in [2.45, 2.75) is 95.9 Å². The number of hydrogen-bond donors (Lipinski definition) is 2. The van der Waals surface area contributed by atoms with Gasteiger partial charge in [-0.2, -0.15) is 0 Å². The Bertz CT molecular complexity index is 1070. The van der Waals surface area contributed by atoms with Crippen LogP contribution < -0.4 is 10.6 Å². The first-order chi connectivity index (χ1) is 17.8. The van der Waals surface area contributed by atoms with Gasteiger partial charge in [0.05, 0.1) is 17.9 Å². The molecule has 1 aromatic carbocycles. The van der Waals surface area contributed by atoms with E-state index in [0.29, 0.717) is 24.1 Å². The number of ether oxygens (including phenoxy) is 1. The molecule has 3 aliphatic heterocycles. The third-order valence-electron chi connectivity index (χ3n) is 8.96. The van der Waals surface area contributed by atoms with E-state index in [1.54, 1.807) is 4.90 Å². The Morgan fingerprint density at radius 3 is 2.54 bits per heavy atom. The van der Waals surface area contributed by atoms with Gasteiger partial charge in [0.1, 0.15) is 11.6 Å². The summed E-state index contributed by atoms with van der Waals surface area (Å²) >= 11 is 0. The molecule has 2 bridgehead atoms. The third-order valence-corrected chi connectivity index (χ3v) is 8.96. The molecule has 1 spiro atoms. The maximum absolute atomic E-state index is 13.9. The summed E-state index contributed by atoms with van der Waals surface area (Å²) in [5.74, 6) is -1.09. The van der Waals surface area contributed by atoms with Crippen molar-refractivity contribution in [3.63, 3.8) is 0 Å². The highest BCUT2D eigenvalue weighted by atomic mass is 16.5. The Balaban J connectivity index is 1.40. The maximum Gasteiger partial charge on any atom is 0.246 e. The lowest BCUT2D eigenvalue weighted by molar-refractivity contribution is -0.141. The predicted octanol–water partition coefficient (Wildman–Crippen LogP) is 4.39. The topological polar surface area (TPSA) is 87.7 Å². The van der Waals surface area contributed by atoms with Crippen LogP contribution in [-0.2, 0) is 19.1 Å². The van der Waals surface area contributed by atoms with Crippen molar-refractivity contribution in [2.75, 3.05) is 11.9 Å². The zero-order chi connectivity index (χ0) is 26.3. The fourth-order valence-corrected chi connectivity index (χ4v) is 6.81. The van der Waals surface area contributed by atoms with Gasteiger partial charge < -0.3 is 20.3 Å². The summed E-state index contributed by atoms with van der Waals surface area (Å²) in [4.78, 5) is 43.0. The van der Waals surface area contributed by atoms with E-state index in [1.165, 1.54) is 12.0 Å². The molecule has 1 aromatic rings. The second kappa shape index (κ2) is 10.2. The number of carbonyl (C=O) groups is 3. The van der Waals surface area contributed by atoms with E-state index in [-0.39, 0.29) is 23.8 Å². The number of anilines is 1. The zero-order valence-corrected chi connectivity index (χ0v) is 22.5. The molecule has 0 aromatic heterocycles. The van der Waals surface area contributed by atoms with Crippen LogP contribution in [0.3, 0.4) is 0 Å². The van der Waals surface area contributed by atoms with Crippen LogP contribution in [-0.4, -0.2) is 53.0 Å². The monoisotopic (exact) mass is 507 g/mol. The van der Waals surface area contributed by atoms with E-state index in [2.05, 4.69) is 38.3 Å². The summed E-state index contributed by atoms with van der Waals surface area (Å²) in [7, 11) is 0. The number of likely N-dealkylation sites (tertiary alicyclic amines) is 1. The second-order valence-corrected chi connectivity index (χ2v) is 11.7. The molecule has 3 fully saturated rings. The summed E-state index contributed by atoms with van der Waals surface area (Å²) < 4.78 is 6.44. The molecule has 1 saturated carbocycles. The number of hydrogen-bond acceptors (Lipinski definition) is 4. The molecule has 7 nitrogen and oxygen atoms in total. The highest BCUT2D eigenvalue weighted by molar-refractivity contribution is 6.02. The van der Waals surface area contributed by atoms with Gasteiger partial charge in [0.15, 0.2) is 0 Å². The fourth-order valence-electron chi connectivity index (χ4n) is 6.81. The summed E-state index contributed by atoms with van der Waals surface area (Å²) in [6.45, 7) is 9.00. The van der Waals surface area contributed by atoms with Crippen LogP contribution in [0.1, 0.15) is 77.7 Å². The molecule has 0 radical (unpaired) electrons. The quantitative estimate of drug-likeness (QED) is 0.511. The van der Waals surface area contributed by atoms with Gasteiger partial charge in [0, 0.05) is 18.3 Å². The molecular weight excluding hydrogens is 466 g/mol. The van der Waals surface area contributed by atoms with Crippen LogP contribution in [0.2, 0.25) is 0 Å². The highest BCUT2D eigenvalue weighted by Crippen LogP contribution is 2.55. The molecule has 4 aliphatic rings.